The summed E-state index contributed by atoms with van der Waals surface area (Å²) in [5.74, 6) is -0.366. The summed E-state index contributed by atoms with van der Waals surface area (Å²) < 4.78 is 1.69. The second-order valence-electron chi connectivity index (χ2n) is 5.00. The molecule has 24 heavy (non-hydrogen) atoms. The van der Waals surface area contributed by atoms with Gasteiger partial charge in [0.05, 0.1) is 12.8 Å². The van der Waals surface area contributed by atoms with E-state index in [-0.39, 0.29) is 5.91 Å². The molecule has 7 heteroatoms. The van der Waals surface area contributed by atoms with E-state index in [0.29, 0.717) is 17.3 Å². The Morgan fingerprint density at radius 1 is 1.17 bits per heavy atom. The van der Waals surface area contributed by atoms with Crippen LogP contribution in [0.25, 0.3) is 0 Å². The van der Waals surface area contributed by atoms with Crippen LogP contribution >= 0.6 is 11.6 Å². The molecule has 3 aromatic rings. The molecular weight excluding hydrogens is 326 g/mol. The molecule has 6 nitrogen and oxygen atoms in total. The quantitative estimate of drug-likeness (QED) is 0.574. The maximum absolute atomic E-state index is 12.0. The van der Waals surface area contributed by atoms with Crippen LogP contribution in [-0.4, -0.2) is 26.9 Å². The number of amides is 1. The monoisotopic (exact) mass is 339 g/mol. The Balaban J connectivity index is 1.59. The highest BCUT2D eigenvalue weighted by molar-refractivity contribution is 6.30. The molecule has 0 fully saturated rings. The normalized spacial score (nSPS) is 10.9. The highest BCUT2D eigenvalue weighted by Gasteiger charge is 2.08. The smallest absolute Gasteiger partial charge is 0.268 e. The maximum atomic E-state index is 12.0. The van der Waals surface area contributed by atoms with Gasteiger partial charge in [0.25, 0.3) is 5.91 Å². The standard InChI is InChI=1S/C17H14ClN5O/c18-15-3-1-14(2-4-15)12-23-10-7-16(22-23)17(24)21-20-11-13-5-8-19-9-6-13/h1-11H,12H2,(H,21,24)/b20-11-. The van der Waals surface area contributed by atoms with Gasteiger partial charge >= 0.3 is 0 Å². The first-order valence-electron chi connectivity index (χ1n) is 7.22. The minimum Gasteiger partial charge on any atom is -0.268 e. The molecule has 120 valence electrons. The molecule has 0 unspecified atom stereocenters. The lowest BCUT2D eigenvalue weighted by atomic mass is 10.2. The molecule has 1 N–H and O–H groups in total. The molecule has 2 aromatic heterocycles. The minimum atomic E-state index is -0.366. The largest absolute Gasteiger partial charge is 0.291 e. The van der Waals surface area contributed by atoms with Crippen molar-refractivity contribution in [2.24, 2.45) is 5.10 Å². The Morgan fingerprint density at radius 3 is 2.67 bits per heavy atom. The van der Waals surface area contributed by atoms with Gasteiger partial charge in [-0.3, -0.25) is 14.5 Å². The number of benzene rings is 1. The molecule has 0 spiro atoms. The number of hydrogen-bond acceptors (Lipinski definition) is 4. The average molecular weight is 340 g/mol. The SMILES string of the molecule is O=C(N/N=C\c1ccncc1)c1ccn(Cc2ccc(Cl)cc2)n1. The van der Waals surface area contributed by atoms with Gasteiger partial charge < -0.3 is 0 Å². The Labute approximate surface area is 143 Å². The first-order chi connectivity index (χ1) is 11.7. The van der Waals surface area contributed by atoms with Crippen LogP contribution in [-0.2, 0) is 6.54 Å². The Hall–Kier alpha value is -2.99. The maximum Gasteiger partial charge on any atom is 0.291 e. The lowest BCUT2D eigenvalue weighted by molar-refractivity contribution is 0.0949. The highest BCUT2D eigenvalue weighted by Crippen LogP contribution is 2.10. The van der Waals surface area contributed by atoms with Gasteiger partial charge in [0.1, 0.15) is 0 Å². The first kappa shape index (κ1) is 15.9. The zero-order chi connectivity index (χ0) is 16.8. The summed E-state index contributed by atoms with van der Waals surface area (Å²) in [6, 6.07) is 12.7. The van der Waals surface area contributed by atoms with Gasteiger partial charge in [-0.05, 0) is 41.5 Å². The zero-order valence-corrected chi connectivity index (χ0v) is 13.4. The van der Waals surface area contributed by atoms with Gasteiger partial charge in [0, 0.05) is 23.6 Å². The molecule has 0 bridgehead atoms. The molecule has 3 rings (SSSR count). The van der Waals surface area contributed by atoms with Crippen LogP contribution < -0.4 is 5.43 Å². The van der Waals surface area contributed by atoms with Crippen LogP contribution in [0, 0.1) is 0 Å². The fraction of sp³-hybridized carbons (Fsp3) is 0.0588. The first-order valence-corrected chi connectivity index (χ1v) is 7.60. The van der Waals surface area contributed by atoms with E-state index in [1.54, 1.807) is 47.7 Å². The predicted octanol–water partition coefficient (Wildman–Crippen LogP) is 2.74. The van der Waals surface area contributed by atoms with E-state index >= 15 is 0 Å². The number of aromatic nitrogens is 3. The fourth-order valence-corrected chi connectivity index (χ4v) is 2.15. The molecule has 1 aromatic carbocycles. The third kappa shape index (κ3) is 4.27. The molecule has 0 radical (unpaired) electrons. The van der Waals surface area contributed by atoms with Crippen LogP contribution in [0.4, 0.5) is 0 Å². The number of halogens is 1. The molecule has 1 amide bonds. The molecule has 0 aliphatic carbocycles. The zero-order valence-electron chi connectivity index (χ0n) is 12.6. The number of hydrogen-bond donors (Lipinski definition) is 1. The van der Waals surface area contributed by atoms with Crippen molar-refractivity contribution in [3.63, 3.8) is 0 Å². The summed E-state index contributed by atoms with van der Waals surface area (Å²) in [6.45, 7) is 0.560. The summed E-state index contributed by atoms with van der Waals surface area (Å²) in [4.78, 5) is 15.9. The highest BCUT2D eigenvalue weighted by atomic mass is 35.5. The molecule has 2 heterocycles. The molecule has 0 aliphatic rings. The number of carbonyl (C=O) groups is 1. The van der Waals surface area contributed by atoms with E-state index in [0.717, 1.165) is 11.1 Å². The van der Waals surface area contributed by atoms with Crippen LogP contribution in [0.3, 0.4) is 0 Å². The predicted molar refractivity (Wildman–Crippen MR) is 92.1 cm³/mol. The van der Waals surface area contributed by atoms with Gasteiger partial charge in [-0.2, -0.15) is 10.2 Å². The van der Waals surface area contributed by atoms with Gasteiger partial charge in [0.15, 0.2) is 5.69 Å². The van der Waals surface area contributed by atoms with E-state index in [1.165, 1.54) is 0 Å². The van der Waals surface area contributed by atoms with Gasteiger partial charge in [-0.1, -0.05) is 23.7 Å². The number of carbonyl (C=O) groups excluding carboxylic acids is 1. The topological polar surface area (TPSA) is 72.2 Å². The molecule has 0 saturated carbocycles. The Morgan fingerprint density at radius 2 is 1.92 bits per heavy atom. The number of nitrogens with zero attached hydrogens (tertiary/aromatic N) is 4. The lowest BCUT2D eigenvalue weighted by Gasteiger charge is -2.02. The second-order valence-corrected chi connectivity index (χ2v) is 5.44. The molecular formula is C17H14ClN5O. The molecule has 0 aliphatic heterocycles. The van der Waals surface area contributed by atoms with Gasteiger partial charge in [-0.25, -0.2) is 5.43 Å². The molecule has 0 atom stereocenters. The van der Waals surface area contributed by atoms with E-state index in [2.05, 4.69) is 20.6 Å². The van der Waals surface area contributed by atoms with E-state index in [9.17, 15) is 4.79 Å². The number of hydrazone groups is 1. The van der Waals surface area contributed by atoms with Gasteiger partial charge in [-0.15, -0.1) is 0 Å². The van der Waals surface area contributed by atoms with Crippen LogP contribution in [0.1, 0.15) is 21.6 Å². The van der Waals surface area contributed by atoms with Crippen molar-refractivity contribution < 1.29 is 4.79 Å². The summed E-state index contributed by atoms with van der Waals surface area (Å²) in [5, 5.41) is 8.83. The van der Waals surface area contributed by atoms with Crippen LogP contribution in [0.15, 0.2) is 66.2 Å². The van der Waals surface area contributed by atoms with Crippen LogP contribution in [0.5, 0.6) is 0 Å². The van der Waals surface area contributed by atoms with Crippen molar-refractivity contribution in [3.8, 4) is 0 Å². The van der Waals surface area contributed by atoms with E-state index < -0.39 is 0 Å². The van der Waals surface area contributed by atoms with Crippen molar-refractivity contribution >= 4 is 23.7 Å². The molecule has 0 saturated heterocycles. The van der Waals surface area contributed by atoms with E-state index in [1.807, 2.05) is 24.3 Å². The summed E-state index contributed by atoms with van der Waals surface area (Å²) in [6.07, 6.45) is 6.60. The van der Waals surface area contributed by atoms with Crippen molar-refractivity contribution in [1.29, 1.82) is 0 Å². The summed E-state index contributed by atoms with van der Waals surface area (Å²) >= 11 is 5.86. The van der Waals surface area contributed by atoms with Crippen molar-refractivity contribution in [3.05, 3.63) is 82.9 Å². The third-order valence-electron chi connectivity index (χ3n) is 3.22. The Bertz CT molecular complexity index is 843. The van der Waals surface area contributed by atoms with Gasteiger partial charge in [0.2, 0.25) is 0 Å². The van der Waals surface area contributed by atoms with Crippen molar-refractivity contribution in [2.45, 2.75) is 6.54 Å². The third-order valence-corrected chi connectivity index (χ3v) is 3.47. The second kappa shape index (κ2) is 7.52. The van der Waals surface area contributed by atoms with Crippen molar-refractivity contribution in [2.75, 3.05) is 0 Å². The fourth-order valence-electron chi connectivity index (χ4n) is 2.02. The number of nitrogens with one attached hydrogen (secondary N) is 1. The number of pyridine rings is 1. The van der Waals surface area contributed by atoms with E-state index in [4.69, 9.17) is 11.6 Å². The average Bonchev–Trinajstić information content (AvgIpc) is 3.06. The number of rotatable bonds is 5. The summed E-state index contributed by atoms with van der Waals surface area (Å²) in [5.41, 5.74) is 4.64. The lowest BCUT2D eigenvalue weighted by Crippen LogP contribution is -2.18. The van der Waals surface area contributed by atoms with Crippen molar-refractivity contribution in [1.82, 2.24) is 20.2 Å². The Kier molecular flexibility index (Phi) is 4.98. The summed E-state index contributed by atoms with van der Waals surface area (Å²) in [7, 11) is 0. The van der Waals surface area contributed by atoms with Crippen LogP contribution in [0.2, 0.25) is 5.02 Å². The minimum absolute atomic E-state index is 0.302.